The fraction of sp³-hybridized carbons (Fsp3) is 0.514. The standard InChI is InChI=1S/C35H45N7O3/c1-22(2)36-32(43)26-12-14-28(15-13-26)42-29-18-24(20-40-16-17-41-31(21-40)38-39-34(41)35(4,5)45)8-11-27(29)19-30(42)37-33(44)25-9-6-23(3)7-10-25/h6-11,18,22,26,28,45H,12-17,19-21H2,1-5H3,(H,36,43). The summed E-state index contributed by atoms with van der Waals surface area (Å²) in [5, 5.41) is 22.2. The average molecular weight is 612 g/mol. The second-order valence-electron chi connectivity index (χ2n) is 13.7. The average Bonchev–Trinajstić information content (AvgIpc) is 3.58. The van der Waals surface area contributed by atoms with Crippen LogP contribution in [0.15, 0.2) is 47.5 Å². The Hall–Kier alpha value is -3.89. The zero-order valence-corrected chi connectivity index (χ0v) is 27.1. The number of rotatable bonds is 7. The van der Waals surface area contributed by atoms with Crippen LogP contribution in [0.25, 0.3) is 0 Å². The van der Waals surface area contributed by atoms with E-state index in [4.69, 9.17) is 4.99 Å². The molecule has 238 valence electrons. The highest BCUT2D eigenvalue weighted by atomic mass is 16.3. The summed E-state index contributed by atoms with van der Waals surface area (Å²) in [7, 11) is 0. The van der Waals surface area contributed by atoms with Crippen LogP contribution in [-0.2, 0) is 36.5 Å². The summed E-state index contributed by atoms with van der Waals surface area (Å²) in [6.45, 7) is 12.5. The van der Waals surface area contributed by atoms with Crippen molar-refractivity contribution in [2.75, 3.05) is 11.4 Å². The van der Waals surface area contributed by atoms with Crippen LogP contribution in [0.5, 0.6) is 0 Å². The molecule has 2 N–H and O–H groups in total. The predicted octanol–water partition coefficient (Wildman–Crippen LogP) is 4.51. The first-order chi connectivity index (χ1) is 21.5. The van der Waals surface area contributed by atoms with Crippen LogP contribution < -0.4 is 10.2 Å². The number of amides is 2. The second-order valence-corrected chi connectivity index (χ2v) is 13.7. The highest BCUT2D eigenvalue weighted by Gasteiger charge is 2.37. The molecular formula is C35H45N7O3. The molecule has 45 heavy (non-hydrogen) atoms. The lowest BCUT2D eigenvalue weighted by Crippen LogP contribution is -2.44. The molecule has 0 radical (unpaired) electrons. The lowest BCUT2D eigenvalue weighted by atomic mass is 9.84. The van der Waals surface area contributed by atoms with Crippen LogP contribution in [0, 0.1) is 12.8 Å². The van der Waals surface area contributed by atoms with Crippen molar-refractivity contribution in [1.82, 2.24) is 25.0 Å². The zero-order chi connectivity index (χ0) is 31.9. The quantitative estimate of drug-likeness (QED) is 0.404. The van der Waals surface area contributed by atoms with Crippen molar-refractivity contribution in [2.45, 2.75) is 104 Å². The van der Waals surface area contributed by atoms with E-state index < -0.39 is 5.60 Å². The van der Waals surface area contributed by atoms with Gasteiger partial charge < -0.3 is 19.9 Å². The number of benzene rings is 2. The van der Waals surface area contributed by atoms with Crippen molar-refractivity contribution >= 4 is 23.3 Å². The Balaban J connectivity index is 1.24. The Labute approximate surface area is 265 Å². The molecule has 1 aromatic heterocycles. The van der Waals surface area contributed by atoms with Crippen molar-refractivity contribution in [3.05, 3.63) is 76.4 Å². The molecule has 0 saturated heterocycles. The van der Waals surface area contributed by atoms with E-state index in [9.17, 15) is 14.7 Å². The number of carbonyl (C=O) groups is 2. The number of hydrogen-bond donors (Lipinski definition) is 2. The molecule has 6 rings (SSSR count). The highest BCUT2D eigenvalue weighted by Crippen LogP contribution is 2.38. The van der Waals surface area contributed by atoms with E-state index in [0.717, 1.165) is 68.2 Å². The fourth-order valence-corrected chi connectivity index (χ4v) is 6.91. The van der Waals surface area contributed by atoms with E-state index in [1.54, 1.807) is 13.8 Å². The molecule has 3 aliphatic rings. The minimum absolute atomic E-state index is 0.0182. The van der Waals surface area contributed by atoms with Crippen molar-refractivity contribution in [3.8, 4) is 0 Å². The summed E-state index contributed by atoms with van der Waals surface area (Å²) in [4.78, 5) is 35.5. The smallest absolute Gasteiger partial charge is 0.278 e. The van der Waals surface area contributed by atoms with E-state index >= 15 is 0 Å². The van der Waals surface area contributed by atoms with E-state index in [0.29, 0.717) is 24.4 Å². The van der Waals surface area contributed by atoms with Gasteiger partial charge >= 0.3 is 0 Å². The van der Waals surface area contributed by atoms with Gasteiger partial charge in [-0.2, -0.15) is 4.99 Å². The van der Waals surface area contributed by atoms with Gasteiger partial charge in [0.1, 0.15) is 17.3 Å². The van der Waals surface area contributed by atoms with Gasteiger partial charge in [0.2, 0.25) is 5.91 Å². The van der Waals surface area contributed by atoms with Crippen molar-refractivity contribution in [2.24, 2.45) is 10.9 Å². The largest absolute Gasteiger partial charge is 0.382 e. The molecule has 3 aromatic rings. The number of anilines is 1. The van der Waals surface area contributed by atoms with E-state index in [1.807, 2.05) is 49.6 Å². The van der Waals surface area contributed by atoms with Gasteiger partial charge in [0.25, 0.3) is 5.91 Å². The number of aliphatic imine (C=N–C) groups is 1. The maximum absolute atomic E-state index is 13.3. The Bertz CT molecular complexity index is 1590. The van der Waals surface area contributed by atoms with Crippen molar-refractivity contribution in [1.29, 1.82) is 0 Å². The van der Waals surface area contributed by atoms with Gasteiger partial charge in [-0.1, -0.05) is 29.8 Å². The molecule has 0 atom stereocenters. The molecule has 3 heterocycles. The first-order valence-corrected chi connectivity index (χ1v) is 16.2. The first kappa shape index (κ1) is 31.1. The molecule has 1 fully saturated rings. The third kappa shape index (κ3) is 6.72. The minimum Gasteiger partial charge on any atom is -0.382 e. The third-order valence-electron chi connectivity index (χ3n) is 9.21. The Morgan fingerprint density at radius 1 is 1.04 bits per heavy atom. The number of nitrogens with one attached hydrogen (secondary N) is 1. The van der Waals surface area contributed by atoms with Crippen LogP contribution in [0.4, 0.5) is 5.69 Å². The number of hydrogen-bond acceptors (Lipinski definition) is 6. The van der Waals surface area contributed by atoms with Crippen LogP contribution >= 0.6 is 0 Å². The van der Waals surface area contributed by atoms with Crippen LogP contribution in [0.1, 0.15) is 92.1 Å². The fourth-order valence-electron chi connectivity index (χ4n) is 6.91. The summed E-state index contributed by atoms with van der Waals surface area (Å²) in [5.74, 6) is 2.19. The van der Waals surface area contributed by atoms with Crippen molar-refractivity contribution in [3.63, 3.8) is 0 Å². The number of amidine groups is 1. The lowest BCUT2D eigenvalue weighted by molar-refractivity contribution is -0.126. The molecule has 2 amide bonds. The summed E-state index contributed by atoms with van der Waals surface area (Å²) in [6, 6.07) is 14.5. The Kier molecular flexibility index (Phi) is 8.63. The van der Waals surface area contributed by atoms with Crippen LogP contribution in [-0.4, -0.2) is 61.0 Å². The molecular weight excluding hydrogens is 566 g/mol. The normalized spacial score (nSPS) is 21.2. The van der Waals surface area contributed by atoms with E-state index in [2.05, 4.69) is 43.5 Å². The molecule has 0 bridgehead atoms. The molecule has 1 aliphatic carbocycles. The zero-order valence-electron chi connectivity index (χ0n) is 27.1. The molecule has 1 saturated carbocycles. The van der Waals surface area contributed by atoms with Crippen molar-refractivity contribution < 1.29 is 14.7 Å². The summed E-state index contributed by atoms with van der Waals surface area (Å²) in [6.07, 6.45) is 3.96. The maximum atomic E-state index is 13.3. The van der Waals surface area contributed by atoms with Gasteiger partial charge in [-0.25, -0.2) is 0 Å². The molecule has 2 aromatic carbocycles. The second kappa shape index (κ2) is 12.5. The number of nitrogens with zero attached hydrogens (tertiary/aromatic N) is 6. The number of aliphatic hydroxyl groups is 1. The lowest BCUT2D eigenvalue weighted by Gasteiger charge is -2.36. The third-order valence-corrected chi connectivity index (χ3v) is 9.21. The Morgan fingerprint density at radius 3 is 2.47 bits per heavy atom. The number of aromatic nitrogens is 3. The van der Waals surface area contributed by atoms with Gasteiger partial charge in [-0.3, -0.25) is 14.5 Å². The van der Waals surface area contributed by atoms with Gasteiger partial charge in [0, 0.05) is 55.3 Å². The molecule has 2 aliphatic heterocycles. The van der Waals surface area contributed by atoms with Gasteiger partial charge in [0.05, 0.1) is 6.54 Å². The topological polar surface area (TPSA) is 116 Å². The van der Waals surface area contributed by atoms with Gasteiger partial charge in [-0.05, 0) is 89.6 Å². The maximum Gasteiger partial charge on any atom is 0.278 e. The van der Waals surface area contributed by atoms with Crippen LogP contribution in [0.2, 0.25) is 0 Å². The molecule has 10 heteroatoms. The monoisotopic (exact) mass is 611 g/mol. The Morgan fingerprint density at radius 2 is 1.78 bits per heavy atom. The first-order valence-electron chi connectivity index (χ1n) is 16.2. The number of carbonyl (C=O) groups excluding carboxylic acids is 2. The minimum atomic E-state index is -1.03. The summed E-state index contributed by atoms with van der Waals surface area (Å²) in [5.41, 5.74) is 4.13. The molecule has 0 spiro atoms. The SMILES string of the molecule is Cc1ccc(C(=O)N=C2Cc3ccc(CN4CCn5c(nnc5C(C)(C)O)C4)cc3N2C2CCC(C(=O)NC(C)C)CC2)cc1. The molecule has 10 nitrogen and oxygen atoms in total. The number of aryl methyl sites for hydroxylation is 1. The van der Waals surface area contributed by atoms with Gasteiger partial charge in [0.15, 0.2) is 5.82 Å². The molecule has 0 unspecified atom stereocenters. The summed E-state index contributed by atoms with van der Waals surface area (Å²) >= 11 is 0. The van der Waals surface area contributed by atoms with E-state index in [1.165, 1.54) is 11.1 Å². The van der Waals surface area contributed by atoms with Crippen LogP contribution in [0.3, 0.4) is 0 Å². The van der Waals surface area contributed by atoms with E-state index in [-0.39, 0.29) is 29.8 Å². The summed E-state index contributed by atoms with van der Waals surface area (Å²) < 4.78 is 2.03. The highest BCUT2D eigenvalue weighted by molar-refractivity contribution is 6.12. The van der Waals surface area contributed by atoms with Gasteiger partial charge in [-0.15, -0.1) is 10.2 Å². The predicted molar refractivity (Wildman–Crippen MR) is 174 cm³/mol. The number of fused-ring (bicyclic) bond motifs is 2.